The lowest BCUT2D eigenvalue weighted by molar-refractivity contribution is 0.144. The fraction of sp³-hybridized carbons (Fsp3) is 0.103. The number of aromatic nitrogens is 1. The summed E-state index contributed by atoms with van der Waals surface area (Å²) in [4.78, 5) is 16.3. The average Bonchev–Trinajstić information content (AvgIpc) is 3.20. The van der Waals surface area contributed by atoms with Crippen LogP contribution in [-0.2, 0) is 4.74 Å². The smallest absolute Gasteiger partial charge is 0.407 e. The van der Waals surface area contributed by atoms with Crippen LogP contribution in [0.15, 0.2) is 103 Å². The summed E-state index contributed by atoms with van der Waals surface area (Å²) >= 11 is 0. The van der Waals surface area contributed by atoms with Gasteiger partial charge in [-0.3, -0.25) is 4.98 Å². The van der Waals surface area contributed by atoms with Gasteiger partial charge in [0.25, 0.3) is 0 Å². The third kappa shape index (κ3) is 4.55. The summed E-state index contributed by atoms with van der Waals surface area (Å²) < 4.78 is 5.57. The molecule has 0 fully saturated rings. The summed E-state index contributed by atoms with van der Waals surface area (Å²) in [6.07, 6.45) is 7.08. The van der Waals surface area contributed by atoms with Crippen LogP contribution >= 0.6 is 0 Å². The molecule has 0 spiro atoms. The van der Waals surface area contributed by atoms with Gasteiger partial charge in [0.2, 0.25) is 0 Å². The Bertz CT molecular complexity index is 1240. The number of alkyl carbamates (subject to hydrolysis) is 1. The van der Waals surface area contributed by atoms with E-state index in [-0.39, 0.29) is 5.92 Å². The number of amides is 1. The SMILES string of the molecule is O=C(NCC=Cc1ccc(-c2ccncc2)cc1)OCC1c2ccccc2-c2ccccc21. The molecule has 0 aliphatic heterocycles. The molecule has 0 unspecified atom stereocenters. The van der Waals surface area contributed by atoms with E-state index in [1.54, 1.807) is 12.4 Å². The van der Waals surface area contributed by atoms with Gasteiger partial charge in [0.15, 0.2) is 0 Å². The third-order valence-corrected chi connectivity index (χ3v) is 5.94. The summed E-state index contributed by atoms with van der Waals surface area (Å²) in [5, 5.41) is 2.81. The molecule has 0 saturated carbocycles. The maximum atomic E-state index is 12.3. The number of nitrogens with zero attached hydrogens (tertiary/aromatic N) is 1. The molecule has 33 heavy (non-hydrogen) atoms. The van der Waals surface area contributed by atoms with Crippen LogP contribution in [0.1, 0.15) is 22.6 Å². The number of hydrogen-bond donors (Lipinski definition) is 1. The maximum Gasteiger partial charge on any atom is 0.407 e. The third-order valence-electron chi connectivity index (χ3n) is 5.94. The zero-order valence-corrected chi connectivity index (χ0v) is 18.1. The van der Waals surface area contributed by atoms with Gasteiger partial charge in [-0.05, 0) is 51.1 Å². The van der Waals surface area contributed by atoms with Crippen LogP contribution in [0.2, 0.25) is 0 Å². The number of ether oxygens (including phenoxy) is 1. The van der Waals surface area contributed by atoms with E-state index in [1.165, 1.54) is 22.3 Å². The van der Waals surface area contributed by atoms with Crippen molar-refractivity contribution < 1.29 is 9.53 Å². The van der Waals surface area contributed by atoms with E-state index >= 15 is 0 Å². The Labute approximate surface area is 193 Å². The lowest BCUT2D eigenvalue weighted by atomic mass is 9.98. The number of pyridine rings is 1. The molecular formula is C29H24N2O2. The zero-order valence-electron chi connectivity index (χ0n) is 18.1. The van der Waals surface area contributed by atoms with Gasteiger partial charge in [0.05, 0.1) is 0 Å². The molecule has 1 aromatic heterocycles. The monoisotopic (exact) mass is 432 g/mol. The van der Waals surface area contributed by atoms with Gasteiger partial charge in [-0.25, -0.2) is 4.79 Å². The van der Waals surface area contributed by atoms with Crippen LogP contribution in [0.4, 0.5) is 4.79 Å². The van der Waals surface area contributed by atoms with E-state index in [0.29, 0.717) is 13.2 Å². The first-order chi connectivity index (χ1) is 16.3. The molecule has 1 heterocycles. The lowest BCUT2D eigenvalue weighted by Gasteiger charge is -2.14. The molecule has 5 rings (SSSR count). The first kappa shape index (κ1) is 20.7. The number of fused-ring (bicyclic) bond motifs is 3. The van der Waals surface area contributed by atoms with Crippen molar-refractivity contribution in [2.75, 3.05) is 13.2 Å². The van der Waals surface area contributed by atoms with Gasteiger partial charge in [0.1, 0.15) is 6.61 Å². The van der Waals surface area contributed by atoms with Crippen molar-refractivity contribution in [2.45, 2.75) is 5.92 Å². The summed E-state index contributed by atoms with van der Waals surface area (Å²) in [5.41, 5.74) is 8.22. The van der Waals surface area contributed by atoms with Gasteiger partial charge in [-0.1, -0.05) is 84.9 Å². The fourth-order valence-corrected chi connectivity index (χ4v) is 4.32. The van der Waals surface area contributed by atoms with Crippen molar-refractivity contribution in [2.24, 2.45) is 0 Å². The Morgan fingerprint density at radius 3 is 2.09 bits per heavy atom. The standard InChI is InChI=1S/C29H24N2O2/c32-29(31-17-5-6-21-11-13-22(14-12-21)23-15-18-30-19-16-23)33-20-28-26-9-3-1-7-24(26)25-8-2-4-10-27(25)28/h1-16,18-19,28H,17,20H2,(H,31,32). The second kappa shape index (κ2) is 9.53. The fourth-order valence-electron chi connectivity index (χ4n) is 4.32. The quantitative estimate of drug-likeness (QED) is 0.389. The van der Waals surface area contributed by atoms with Crippen molar-refractivity contribution in [1.82, 2.24) is 10.3 Å². The molecule has 0 saturated heterocycles. The normalized spacial score (nSPS) is 12.4. The van der Waals surface area contributed by atoms with Gasteiger partial charge in [-0.2, -0.15) is 0 Å². The number of carbonyl (C=O) groups excluding carboxylic acids is 1. The molecule has 0 bridgehead atoms. The van der Waals surface area contributed by atoms with E-state index in [0.717, 1.165) is 16.7 Å². The van der Waals surface area contributed by atoms with E-state index in [1.807, 2.05) is 48.6 Å². The zero-order chi connectivity index (χ0) is 22.5. The van der Waals surface area contributed by atoms with Crippen LogP contribution in [-0.4, -0.2) is 24.2 Å². The highest BCUT2D eigenvalue weighted by Gasteiger charge is 2.28. The van der Waals surface area contributed by atoms with Gasteiger partial charge in [-0.15, -0.1) is 0 Å². The van der Waals surface area contributed by atoms with Crippen LogP contribution in [0, 0.1) is 0 Å². The Balaban J connectivity index is 1.13. The maximum absolute atomic E-state index is 12.3. The van der Waals surface area contributed by atoms with Crippen molar-refractivity contribution in [3.05, 3.63) is 120 Å². The van der Waals surface area contributed by atoms with Crippen molar-refractivity contribution in [3.63, 3.8) is 0 Å². The molecule has 0 atom stereocenters. The molecule has 1 N–H and O–H groups in total. The summed E-state index contributed by atoms with van der Waals surface area (Å²) in [5.74, 6) is 0.0672. The largest absolute Gasteiger partial charge is 0.449 e. The minimum Gasteiger partial charge on any atom is -0.449 e. The first-order valence-corrected chi connectivity index (χ1v) is 11.1. The van der Waals surface area contributed by atoms with Gasteiger partial charge < -0.3 is 10.1 Å². The minimum atomic E-state index is -0.408. The van der Waals surface area contributed by atoms with Crippen LogP contribution in [0.5, 0.6) is 0 Å². The van der Waals surface area contributed by atoms with Gasteiger partial charge in [0, 0.05) is 24.9 Å². The predicted molar refractivity (Wildman–Crippen MR) is 132 cm³/mol. The van der Waals surface area contributed by atoms with Crippen LogP contribution < -0.4 is 5.32 Å². The number of carbonyl (C=O) groups is 1. The topological polar surface area (TPSA) is 51.2 Å². The Kier molecular flexibility index (Phi) is 5.98. The number of rotatable bonds is 6. The predicted octanol–water partition coefficient (Wildman–Crippen LogP) is 6.30. The molecule has 3 aromatic carbocycles. The Morgan fingerprint density at radius 2 is 1.42 bits per heavy atom. The molecular weight excluding hydrogens is 408 g/mol. The van der Waals surface area contributed by atoms with E-state index in [2.05, 4.69) is 58.8 Å². The molecule has 1 amide bonds. The minimum absolute atomic E-state index is 0.0672. The summed E-state index contributed by atoms with van der Waals surface area (Å²) in [6.45, 7) is 0.725. The Hall–Kier alpha value is -4.18. The molecule has 4 heteroatoms. The first-order valence-electron chi connectivity index (χ1n) is 11.1. The number of hydrogen-bond acceptors (Lipinski definition) is 3. The number of nitrogens with one attached hydrogen (secondary N) is 1. The number of benzene rings is 3. The second-order valence-corrected chi connectivity index (χ2v) is 7.97. The summed E-state index contributed by atoms with van der Waals surface area (Å²) in [7, 11) is 0. The van der Waals surface area contributed by atoms with E-state index in [9.17, 15) is 4.79 Å². The highest BCUT2D eigenvalue weighted by Crippen LogP contribution is 2.44. The molecule has 4 aromatic rings. The van der Waals surface area contributed by atoms with E-state index < -0.39 is 6.09 Å². The highest BCUT2D eigenvalue weighted by atomic mass is 16.5. The molecule has 162 valence electrons. The van der Waals surface area contributed by atoms with Crippen LogP contribution in [0.3, 0.4) is 0 Å². The van der Waals surface area contributed by atoms with Crippen LogP contribution in [0.25, 0.3) is 28.3 Å². The average molecular weight is 433 g/mol. The van der Waals surface area contributed by atoms with Crippen molar-refractivity contribution in [1.29, 1.82) is 0 Å². The Morgan fingerprint density at radius 1 is 0.818 bits per heavy atom. The van der Waals surface area contributed by atoms with E-state index in [4.69, 9.17) is 4.74 Å². The molecule has 1 aliphatic carbocycles. The molecule has 1 aliphatic rings. The van der Waals surface area contributed by atoms with Crippen molar-refractivity contribution in [3.8, 4) is 22.3 Å². The van der Waals surface area contributed by atoms with Gasteiger partial charge >= 0.3 is 6.09 Å². The second-order valence-electron chi connectivity index (χ2n) is 7.97. The molecule has 4 nitrogen and oxygen atoms in total. The van der Waals surface area contributed by atoms with Crippen molar-refractivity contribution >= 4 is 12.2 Å². The molecule has 0 radical (unpaired) electrons. The highest BCUT2D eigenvalue weighted by molar-refractivity contribution is 5.79. The summed E-state index contributed by atoms with van der Waals surface area (Å²) in [6, 6.07) is 28.9. The lowest BCUT2D eigenvalue weighted by Crippen LogP contribution is -2.26.